The van der Waals surface area contributed by atoms with Gasteiger partial charge in [0.05, 0.1) is 23.5 Å². The van der Waals surface area contributed by atoms with E-state index in [0.717, 1.165) is 28.1 Å². The number of rotatable bonds is 7. The second-order valence-corrected chi connectivity index (χ2v) is 17.7. The van der Waals surface area contributed by atoms with Gasteiger partial charge in [0, 0.05) is 18.6 Å². The fourth-order valence-electron chi connectivity index (χ4n) is 5.10. The zero-order chi connectivity index (χ0) is 28.6. The second kappa shape index (κ2) is 10.9. The highest BCUT2D eigenvalue weighted by atomic mass is 28.4. The van der Waals surface area contributed by atoms with Crippen molar-refractivity contribution in [3.8, 4) is 5.69 Å². The fraction of sp³-hybridized carbons (Fsp3) is 0.484. The first-order valence-corrected chi connectivity index (χ1v) is 16.7. The zero-order valence-corrected chi connectivity index (χ0v) is 25.6. The Kier molecular flexibility index (Phi) is 8.12. The number of nitrogens with zero attached hydrogens (tertiary/aromatic N) is 2. The molecule has 4 rings (SSSR count). The van der Waals surface area contributed by atoms with Crippen LogP contribution in [0.15, 0.2) is 54.6 Å². The van der Waals surface area contributed by atoms with Crippen molar-refractivity contribution in [3.63, 3.8) is 0 Å². The molecule has 0 saturated heterocycles. The quantitative estimate of drug-likeness (QED) is 0.289. The van der Waals surface area contributed by atoms with Gasteiger partial charge in [0.25, 0.3) is 0 Å². The van der Waals surface area contributed by atoms with Gasteiger partial charge in [-0.05, 0) is 60.2 Å². The maximum absolute atomic E-state index is 13.4. The van der Waals surface area contributed by atoms with E-state index in [-0.39, 0.29) is 16.5 Å². The third-order valence-corrected chi connectivity index (χ3v) is 13.0. The van der Waals surface area contributed by atoms with E-state index >= 15 is 0 Å². The van der Waals surface area contributed by atoms with Crippen LogP contribution in [0.4, 0.5) is 10.6 Å². The number of aromatic nitrogens is 2. The number of benzene rings is 2. The first-order valence-electron chi connectivity index (χ1n) is 13.8. The van der Waals surface area contributed by atoms with Crippen molar-refractivity contribution in [2.45, 2.75) is 90.1 Å². The molecule has 1 aliphatic rings. The molecule has 0 spiro atoms. The average Bonchev–Trinajstić information content (AvgIpc) is 3.16. The maximum Gasteiger partial charge on any atom is 0.320 e. The molecule has 0 bridgehead atoms. The molecule has 39 heavy (non-hydrogen) atoms. The summed E-state index contributed by atoms with van der Waals surface area (Å²) in [6.07, 6.45) is 0.524. The van der Waals surface area contributed by atoms with Crippen molar-refractivity contribution < 1.29 is 14.3 Å². The summed E-state index contributed by atoms with van der Waals surface area (Å²) in [4.78, 5) is 13.4. The van der Waals surface area contributed by atoms with Gasteiger partial charge in [-0.2, -0.15) is 5.10 Å². The Labute approximate surface area is 234 Å². The van der Waals surface area contributed by atoms with Crippen LogP contribution in [0.5, 0.6) is 0 Å². The number of carbonyl (C=O) groups is 1. The number of anilines is 1. The highest BCUT2D eigenvalue weighted by Crippen LogP contribution is 2.41. The summed E-state index contributed by atoms with van der Waals surface area (Å²) in [5.41, 5.74) is 4.57. The highest BCUT2D eigenvalue weighted by Gasteiger charge is 2.39. The van der Waals surface area contributed by atoms with Crippen LogP contribution in [0.25, 0.3) is 5.69 Å². The van der Waals surface area contributed by atoms with E-state index < -0.39 is 20.5 Å². The van der Waals surface area contributed by atoms with E-state index in [4.69, 9.17) is 9.52 Å². The Morgan fingerprint density at radius 2 is 1.77 bits per heavy atom. The monoisotopic (exact) mass is 548 g/mol. The van der Waals surface area contributed by atoms with E-state index in [9.17, 15) is 9.90 Å². The topological polar surface area (TPSA) is 88.4 Å². The molecular weight excluding hydrogens is 504 g/mol. The number of aliphatic hydroxyl groups is 1. The van der Waals surface area contributed by atoms with Crippen molar-refractivity contribution in [2.75, 3.05) is 11.9 Å². The van der Waals surface area contributed by atoms with Crippen LogP contribution in [0.2, 0.25) is 18.1 Å². The molecule has 0 aliphatic heterocycles. The molecule has 2 atom stereocenters. The third-order valence-electron chi connectivity index (χ3n) is 8.48. The lowest BCUT2D eigenvalue weighted by Crippen LogP contribution is -2.45. The van der Waals surface area contributed by atoms with Crippen LogP contribution in [0, 0.1) is 6.92 Å². The number of urea groups is 1. The first kappa shape index (κ1) is 29.0. The molecule has 1 heterocycles. The molecule has 1 aromatic heterocycles. The average molecular weight is 549 g/mol. The van der Waals surface area contributed by atoms with Gasteiger partial charge in [-0.25, -0.2) is 9.48 Å². The van der Waals surface area contributed by atoms with Crippen LogP contribution in [0.1, 0.15) is 69.5 Å². The zero-order valence-electron chi connectivity index (χ0n) is 24.6. The first-order chi connectivity index (χ1) is 18.2. The van der Waals surface area contributed by atoms with Crippen molar-refractivity contribution in [3.05, 3.63) is 77.0 Å². The van der Waals surface area contributed by atoms with Gasteiger partial charge in [-0.1, -0.05) is 77.1 Å². The number of hydrogen-bond acceptors (Lipinski definition) is 4. The van der Waals surface area contributed by atoms with Gasteiger partial charge < -0.3 is 14.8 Å². The van der Waals surface area contributed by atoms with Crippen LogP contribution >= 0.6 is 0 Å². The molecule has 7 nitrogen and oxygen atoms in total. The van der Waals surface area contributed by atoms with Gasteiger partial charge in [-0.3, -0.25) is 5.32 Å². The maximum atomic E-state index is 13.4. The predicted octanol–water partition coefficient (Wildman–Crippen LogP) is 6.65. The SMILES string of the molecule is Cc1c(CCO[Si](C)(C)C(C)(C)C)nn(-c2ccccc2)c1NC(=O)N[C@H]1c2ccccc2C(C)(C)C[C@@H]1O. The van der Waals surface area contributed by atoms with Crippen LogP contribution < -0.4 is 10.6 Å². The lowest BCUT2D eigenvalue weighted by molar-refractivity contribution is 0.0883. The van der Waals surface area contributed by atoms with Crippen molar-refractivity contribution in [1.29, 1.82) is 0 Å². The number of amides is 2. The van der Waals surface area contributed by atoms with E-state index in [2.05, 4.69) is 64.4 Å². The normalized spacial score (nSPS) is 18.9. The van der Waals surface area contributed by atoms with E-state index in [1.54, 1.807) is 4.68 Å². The molecule has 0 saturated carbocycles. The van der Waals surface area contributed by atoms with Gasteiger partial charge in [0.2, 0.25) is 0 Å². The summed E-state index contributed by atoms with van der Waals surface area (Å²) in [5.74, 6) is 0.611. The highest BCUT2D eigenvalue weighted by molar-refractivity contribution is 6.74. The molecule has 3 aromatic rings. The molecule has 2 aromatic carbocycles. The number of hydrogen-bond donors (Lipinski definition) is 3. The molecule has 0 radical (unpaired) electrons. The molecule has 1 aliphatic carbocycles. The summed E-state index contributed by atoms with van der Waals surface area (Å²) < 4.78 is 8.20. The standard InChI is InChI=1S/C31H44N4O3Si/c1-21-25(18-19-38-39(7,8)30(2,3)4)34-35(22-14-10-9-11-15-22)28(21)33-29(37)32-27-23-16-12-13-17-24(23)31(5,6)20-26(27)36/h9-17,26-27,36H,18-20H2,1-8H3,(H2,32,33,37)/t26-,27-/m0/s1. The van der Waals surface area contributed by atoms with Crippen LogP contribution in [0.3, 0.4) is 0 Å². The predicted molar refractivity (Wildman–Crippen MR) is 160 cm³/mol. The van der Waals surface area contributed by atoms with Crippen molar-refractivity contribution in [1.82, 2.24) is 15.1 Å². The Hall–Kier alpha value is -2.94. The van der Waals surface area contributed by atoms with E-state index in [0.29, 0.717) is 25.3 Å². The molecule has 8 heteroatoms. The Morgan fingerprint density at radius 1 is 1.13 bits per heavy atom. The minimum atomic E-state index is -1.88. The number of aliphatic hydroxyl groups excluding tert-OH is 1. The summed E-state index contributed by atoms with van der Waals surface area (Å²) in [6, 6.07) is 16.9. The summed E-state index contributed by atoms with van der Waals surface area (Å²) in [5, 5.41) is 22.1. The van der Waals surface area contributed by atoms with Crippen LogP contribution in [-0.2, 0) is 16.3 Å². The summed E-state index contributed by atoms with van der Waals surface area (Å²) in [7, 11) is -1.88. The van der Waals surface area contributed by atoms with Gasteiger partial charge in [0.15, 0.2) is 8.32 Å². The molecule has 0 unspecified atom stereocenters. The lowest BCUT2D eigenvalue weighted by atomic mass is 9.70. The van der Waals surface area contributed by atoms with Crippen molar-refractivity contribution in [2.24, 2.45) is 0 Å². The third kappa shape index (κ3) is 6.13. The molecule has 2 amide bonds. The smallest absolute Gasteiger partial charge is 0.320 e. The molecular formula is C31H44N4O3Si. The Bertz CT molecular complexity index is 1310. The largest absolute Gasteiger partial charge is 0.416 e. The summed E-state index contributed by atoms with van der Waals surface area (Å²) >= 11 is 0. The van der Waals surface area contributed by atoms with E-state index in [1.807, 2.05) is 55.5 Å². The number of fused-ring (bicyclic) bond motifs is 1. The van der Waals surface area contributed by atoms with Gasteiger partial charge in [0.1, 0.15) is 5.82 Å². The van der Waals surface area contributed by atoms with Crippen molar-refractivity contribution >= 4 is 20.2 Å². The molecule has 210 valence electrons. The minimum Gasteiger partial charge on any atom is -0.416 e. The molecule has 3 N–H and O–H groups in total. The lowest BCUT2D eigenvalue weighted by Gasteiger charge is -2.40. The number of carbonyl (C=O) groups excluding carboxylic acids is 1. The Morgan fingerprint density at radius 3 is 2.44 bits per heavy atom. The minimum absolute atomic E-state index is 0.133. The van der Waals surface area contributed by atoms with Gasteiger partial charge >= 0.3 is 6.03 Å². The molecule has 0 fully saturated rings. The fourth-order valence-corrected chi connectivity index (χ4v) is 6.15. The van der Waals surface area contributed by atoms with Gasteiger partial charge in [-0.15, -0.1) is 0 Å². The number of nitrogens with one attached hydrogen (secondary N) is 2. The second-order valence-electron chi connectivity index (χ2n) is 12.8. The number of para-hydroxylation sites is 1. The Balaban J connectivity index is 1.58. The van der Waals surface area contributed by atoms with E-state index in [1.165, 1.54) is 0 Å². The summed E-state index contributed by atoms with van der Waals surface area (Å²) in [6.45, 7) is 18.0. The van der Waals surface area contributed by atoms with Crippen LogP contribution in [-0.4, -0.2) is 41.9 Å².